The number of nitrogens with zero attached hydrogens (tertiary/aromatic N) is 1. The zero-order valence-electron chi connectivity index (χ0n) is 24.3. The number of aromatic nitrogens is 1. The van der Waals surface area contributed by atoms with Gasteiger partial charge in [0.15, 0.2) is 0 Å². The standard InChI is InChI=1S/C32H50N2O3S/c1-6-23-19-25-28-14-13-26(32(28,5)18-16-29(25)31(4)17-8-7-9-27(23)31)21(2)10-15-30(35)34-38(36,37)24-12-11-22(3)33-20-24/h11-12,20-21,23,25-29H,6-10,13-19H2,1-5H3,(H,34,35)/t21-,23+,25?,26-,27+,28?,29?,31+,32-/m1/s1. The van der Waals surface area contributed by atoms with Gasteiger partial charge in [-0.25, -0.2) is 13.1 Å². The molecule has 5 nitrogen and oxygen atoms in total. The number of hydrogen-bond acceptors (Lipinski definition) is 4. The summed E-state index contributed by atoms with van der Waals surface area (Å²) in [5.74, 6) is 5.04. The fraction of sp³-hybridized carbons (Fsp3) is 0.812. The molecule has 1 N–H and O–H groups in total. The topological polar surface area (TPSA) is 76.1 Å². The largest absolute Gasteiger partial charge is 0.274 e. The lowest BCUT2D eigenvalue weighted by atomic mass is 9.42. The monoisotopic (exact) mass is 542 g/mol. The first-order chi connectivity index (χ1) is 18.0. The molecule has 212 valence electrons. The van der Waals surface area contributed by atoms with Crippen molar-refractivity contribution in [1.82, 2.24) is 9.71 Å². The van der Waals surface area contributed by atoms with Gasteiger partial charge in [0.1, 0.15) is 4.90 Å². The normalized spacial score (nSPS) is 39.5. The SMILES string of the molecule is CC[C@H]1CC2C3CC[C@H]([C@H](C)CCC(=O)NS(=O)(=O)c4ccc(C)nc4)[C@@]3(C)CCC2[C@@]2(C)CCCC[C@@H]12. The Bertz CT molecular complexity index is 1120. The van der Waals surface area contributed by atoms with Crippen molar-refractivity contribution >= 4 is 15.9 Å². The number of carbonyl (C=O) groups excluding carboxylic acids is 1. The molecule has 1 heterocycles. The molecule has 3 unspecified atom stereocenters. The fourth-order valence-corrected chi connectivity index (χ4v) is 11.4. The summed E-state index contributed by atoms with van der Waals surface area (Å²) in [4.78, 5) is 16.8. The molecule has 6 heteroatoms. The molecular formula is C32H50N2O3S. The van der Waals surface area contributed by atoms with Crippen LogP contribution in [-0.4, -0.2) is 19.3 Å². The van der Waals surface area contributed by atoms with Crippen LogP contribution in [0.25, 0.3) is 0 Å². The minimum atomic E-state index is -3.87. The van der Waals surface area contributed by atoms with Crippen LogP contribution in [0.2, 0.25) is 0 Å². The number of rotatable bonds is 7. The smallest absolute Gasteiger partial charge is 0.265 e. The molecule has 5 rings (SSSR count). The van der Waals surface area contributed by atoms with E-state index in [1.54, 1.807) is 13.0 Å². The molecule has 1 amide bonds. The Labute approximate surface area is 231 Å². The van der Waals surface area contributed by atoms with Crippen LogP contribution in [0, 0.1) is 59.2 Å². The maximum absolute atomic E-state index is 12.7. The van der Waals surface area contributed by atoms with Gasteiger partial charge >= 0.3 is 0 Å². The van der Waals surface area contributed by atoms with Crippen molar-refractivity contribution < 1.29 is 13.2 Å². The molecule has 0 aromatic carbocycles. The van der Waals surface area contributed by atoms with Gasteiger partial charge in [-0.05, 0) is 123 Å². The highest BCUT2D eigenvalue weighted by molar-refractivity contribution is 7.90. The minimum absolute atomic E-state index is 0.0409. The Hall–Kier alpha value is -1.43. The zero-order valence-corrected chi connectivity index (χ0v) is 25.2. The van der Waals surface area contributed by atoms with Crippen molar-refractivity contribution in [2.75, 3.05) is 0 Å². The van der Waals surface area contributed by atoms with Gasteiger partial charge in [0.05, 0.1) is 0 Å². The summed E-state index contributed by atoms with van der Waals surface area (Å²) < 4.78 is 27.5. The summed E-state index contributed by atoms with van der Waals surface area (Å²) in [7, 11) is -3.87. The summed E-state index contributed by atoms with van der Waals surface area (Å²) in [6, 6.07) is 3.15. The first-order valence-electron chi connectivity index (χ1n) is 15.5. The first kappa shape index (κ1) is 28.1. The molecule has 0 bridgehead atoms. The van der Waals surface area contributed by atoms with E-state index in [0.717, 1.165) is 41.7 Å². The molecule has 1 aromatic heterocycles. The zero-order chi connectivity index (χ0) is 27.3. The van der Waals surface area contributed by atoms with Crippen LogP contribution in [0.3, 0.4) is 0 Å². The van der Waals surface area contributed by atoms with Crippen LogP contribution in [-0.2, 0) is 14.8 Å². The third kappa shape index (κ3) is 4.86. The third-order valence-electron chi connectivity index (χ3n) is 12.3. The summed E-state index contributed by atoms with van der Waals surface area (Å²) in [5, 5.41) is 0. The Morgan fingerprint density at radius 2 is 1.82 bits per heavy atom. The summed E-state index contributed by atoms with van der Waals surface area (Å²) in [6.45, 7) is 11.8. The lowest BCUT2D eigenvalue weighted by Crippen LogP contribution is -2.55. The van der Waals surface area contributed by atoms with E-state index < -0.39 is 15.9 Å². The second-order valence-corrected chi connectivity index (χ2v) is 15.7. The Morgan fingerprint density at radius 3 is 2.53 bits per heavy atom. The molecule has 4 saturated carbocycles. The number of hydrogen-bond donors (Lipinski definition) is 1. The number of fused-ring (bicyclic) bond motifs is 5. The van der Waals surface area contributed by atoms with Crippen LogP contribution in [0.4, 0.5) is 0 Å². The van der Waals surface area contributed by atoms with Crippen molar-refractivity contribution in [3.8, 4) is 0 Å². The van der Waals surface area contributed by atoms with Crippen molar-refractivity contribution in [1.29, 1.82) is 0 Å². The average molecular weight is 543 g/mol. The van der Waals surface area contributed by atoms with E-state index in [4.69, 9.17) is 0 Å². The van der Waals surface area contributed by atoms with Crippen molar-refractivity contribution in [3.63, 3.8) is 0 Å². The van der Waals surface area contributed by atoms with Gasteiger partial charge in [0.2, 0.25) is 5.91 Å². The Morgan fingerprint density at radius 1 is 1.05 bits per heavy atom. The summed E-state index contributed by atoms with van der Waals surface area (Å²) in [5.41, 5.74) is 1.64. The average Bonchev–Trinajstić information content (AvgIpc) is 3.24. The molecule has 4 aliphatic carbocycles. The quantitative estimate of drug-likeness (QED) is 0.392. The van der Waals surface area contributed by atoms with Crippen LogP contribution in [0.1, 0.15) is 110 Å². The van der Waals surface area contributed by atoms with Gasteiger partial charge < -0.3 is 0 Å². The molecular weight excluding hydrogens is 492 g/mol. The number of amides is 1. The van der Waals surface area contributed by atoms with Crippen LogP contribution < -0.4 is 4.72 Å². The van der Waals surface area contributed by atoms with Crippen molar-refractivity contribution in [2.24, 2.45) is 52.3 Å². The van der Waals surface area contributed by atoms with Crippen molar-refractivity contribution in [3.05, 3.63) is 24.0 Å². The van der Waals surface area contributed by atoms with E-state index in [0.29, 0.717) is 22.7 Å². The molecule has 0 radical (unpaired) electrons. The predicted molar refractivity (Wildman–Crippen MR) is 152 cm³/mol. The number of carbonyl (C=O) groups is 1. The maximum Gasteiger partial charge on any atom is 0.265 e. The maximum atomic E-state index is 12.7. The molecule has 9 atom stereocenters. The third-order valence-corrected chi connectivity index (χ3v) is 13.7. The molecule has 4 fully saturated rings. The molecule has 4 aliphatic rings. The highest BCUT2D eigenvalue weighted by atomic mass is 32.2. The Kier molecular flexibility index (Phi) is 7.78. The van der Waals surface area contributed by atoms with Gasteiger partial charge in [-0.3, -0.25) is 9.78 Å². The molecule has 0 aliphatic heterocycles. The molecule has 38 heavy (non-hydrogen) atoms. The number of aryl methyl sites for hydroxylation is 1. The summed E-state index contributed by atoms with van der Waals surface area (Å²) >= 11 is 0. The molecule has 0 spiro atoms. The fourth-order valence-electron chi connectivity index (χ4n) is 10.4. The highest BCUT2D eigenvalue weighted by Gasteiger charge is 2.61. The van der Waals surface area contributed by atoms with Gasteiger partial charge in [0.25, 0.3) is 10.0 Å². The number of pyridine rings is 1. The second-order valence-electron chi connectivity index (χ2n) is 14.0. The van der Waals surface area contributed by atoms with E-state index in [9.17, 15) is 13.2 Å². The van der Waals surface area contributed by atoms with Crippen LogP contribution >= 0.6 is 0 Å². The lowest BCUT2D eigenvalue weighted by molar-refractivity contribution is -0.138. The highest BCUT2D eigenvalue weighted by Crippen LogP contribution is 2.69. The van der Waals surface area contributed by atoms with E-state index in [1.807, 2.05) is 0 Å². The van der Waals surface area contributed by atoms with E-state index in [-0.39, 0.29) is 11.3 Å². The van der Waals surface area contributed by atoms with Gasteiger partial charge in [0, 0.05) is 18.3 Å². The van der Waals surface area contributed by atoms with E-state index in [2.05, 4.69) is 37.4 Å². The van der Waals surface area contributed by atoms with Crippen molar-refractivity contribution in [2.45, 2.75) is 117 Å². The predicted octanol–water partition coefficient (Wildman–Crippen LogP) is 7.30. The number of sulfonamides is 1. The number of nitrogens with one attached hydrogen (secondary N) is 1. The first-order valence-corrected chi connectivity index (χ1v) is 17.0. The molecule has 1 aromatic rings. The van der Waals surface area contributed by atoms with Gasteiger partial charge in [-0.1, -0.05) is 47.0 Å². The second kappa shape index (κ2) is 10.5. The van der Waals surface area contributed by atoms with E-state index in [1.165, 1.54) is 76.5 Å². The molecule has 0 saturated heterocycles. The minimum Gasteiger partial charge on any atom is -0.274 e. The summed E-state index contributed by atoms with van der Waals surface area (Å²) in [6.07, 6.45) is 16.1. The Balaban J connectivity index is 1.23. The van der Waals surface area contributed by atoms with Crippen LogP contribution in [0.15, 0.2) is 23.2 Å². The van der Waals surface area contributed by atoms with Gasteiger partial charge in [-0.15, -0.1) is 0 Å². The lowest BCUT2D eigenvalue weighted by Gasteiger charge is -2.63. The van der Waals surface area contributed by atoms with E-state index >= 15 is 0 Å². The van der Waals surface area contributed by atoms with Gasteiger partial charge in [-0.2, -0.15) is 0 Å². The van der Waals surface area contributed by atoms with Crippen LogP contribution in [0.5, 0.6) is 0 Å².